The monoisotopic (exact) mass is 412 g/mol. The van der Waals surface area contributed by atoms with Crippen LogP contribution >= 0.6 is 11.6 Å². The fourth-order valence-electron chi connectivity index (χ4n) is 4.49. The number of halogens is 1. The molecule has 0 aliphatic heterocycles. The largest absolute Gasteiger partial charge is 0.489 e. The van der Waals surface area contributed by atoms with E-state index in [9.17, 15) is 4.79 Å². The number of amides is 1. The summed E-state index contributed by atoms with van der Waals surface area (Å²) in [5, 5.41) is 15.5. The predicted molar refractivity (Wildman–Crippen MR) is 113 cm³/mol. The van der Waals surface area contributed by atoms with E-state index in [0.717, 1.165) is 0 Å². The summed E-state index contributed by atoms with van der Waals surface area (Å²) in [6.45, 7) is 8.28. The molecule has 0 radical (unpaired) electrons. The SMILES string of the molecule is CNc1ccc(C(=O)N[C@H]2C(C)(C)[C@H](Oc3ccc(C#N)c(Cl)c3)C2(C)C)cn1. The van der Waals surface area contributed by atoms with Crippen molar-refractivity contribution in [3.05, 3.63) is 52.7 Å². The zero-order chi connectivity index (χ0) is 21.4. The summed E-state index contributed by atoms with van der Waals surface area (Å²) in [4.78, 5) is 16.9. The van der Waals surface area contributed by atoms with Crippen LogP contribution in [-0.2, 0) is 0 Å². The highest BCUT2D eigenvalue weighted by Crippen LogP contribution is 2.55. The molecule has 1 aliphatic carbocycles. The van der Waals surface area contributed by atoms with E-state index in [4.69, 9.17) is 21.6 Å². The number of hydrogen-bond acceptors (Lipinski definition) is 5. The number of carbonyl (C=O) groups is 1. The van der Waals surface area contributed by atoms with E-state index in [-0.39, 0.29) is 28.9 Å². The van der Waals surface area contributed by atoms with Crippen LogP contribution in [0.15, 0.2) is 36.5 Å². The van der Waals surface area contributed by atoms with E-state index in [0.29, 0.717) is 27.7 Å². The number of hydrogen-bond donors (Lipinski definition) is 2. The normalized spacial score (nSPS) is 21.4. The number of nitrogens with one attached hydrogen (secondary N) is 2. The Labute approximate surface area is 176 Å². The van der Waals surface area contributed by atoms with Crippen molar-refractivity contribution in [1.29, 1.82) is 5.26 Å². The zero-order valence-electron chi connectivity index (χ0n) is 17.2. The maximum absolute atomic E-state index is 12.7. The summed E-state index contributed by atoms with van der Waals surface area (Å²) < 4.78 is 6.24. The van der Waals surface area contributed by atoms with Gasteiger partial charge in [-0.1, -0.05) is 39.3 Å². The lowest BCUT2D eigenvalue weighted by molar-refractivity contribution is -0.164. The van der Waals surface area contributed by atoms with Crippen LogP contribution in [0.4, 0.5) is 5.82 Å². The van der Waals surface area contributed by atoms with Gasteiger partial charge < -0.3 is 15.4 Å². The van der Waals surface area contributed by atoms with Crippen LogP contribution in [0.3, 0.4) is 0 Å². The molecule has 0 saturated heterocycles. The van der Waals surface area contributed by atoms with E-state index in [1.54, 1.807) is 43.6 Å². The Kier molecular flexibility index (Phi) is 5.46. The van der Waals surface area contributed by atoms with Crippen molar-refractivity contribution in [3.63, 3.8) is 0 Å². The smallest absolute Gasteiger partial charge is 0.253 e. The van der Waals surface area contributed by atoms with Gasteiger partial charge in [0.25, 0.3) is 5.91 Å². The van der Waals surface area contributed by atoms with Gasteiger partial charge in [-0.2, -0.15) is 5.26 Å². The van der Waals surface area contributed by atoms with Gasteiger partial charge in [-0.3, -0.25) is 4.79 Å². The number of nitrogens with zero attached hydrogens (tertiary/aromatic N) is 2. The number of benzene rings is 1. The molecule has 1 amide bonds. The summed E-state index contributed by atoms with van der Waals surface area (Å²) in [6, 6.07) is 10.5. The molecule has 3 rings (SSSR count). The molecule has 1 saturated carbocycles. The average molecular weight is 413 g/mol. The first-order valence-corrected chi connectivity index (χ1v) is 9.80. The zero-order valence-corrected chi connectivity index (χ0v) is 18.0. The molecule has 1 aliphatic rings. The summed E-state index contributed by atoms with van der Waals surface area (Å²) in [7, 11) is 1.78. The minimum Gasteiger partial charge on any atom is -0.489 e. The van der Waals surface area contributed by atoms with Crippen LogP contribution in [0.1, 0.15) is 43.6 Å². The maximum atomic E-state index is 12.7. The number of anilines is 1. The molecule has 6 nitrogen and oxygen atoms in total. The van der Waals surface area contributed by atoms with Crippen LogP contribution in [0.2, 0.25) is 5.02 Å². The molecule has 7 heteroatoms. The van der Waals surface area contributed by atoms with Gasteiger partial charge in [0.05, 0.1) is 16.1 Å². The highest BCUT2D eigenvalue weighted by atomic mass is 35.5. The number of ether oxygens (including phenoxy) is 1. The molecule has 1 aromatic carbocycles. The van der Waals surface area contributed by atoms with Gasteiger partial charge in [0, 0.05) is 36.2 Å². The van der Waals surface area contributed by atoms with E-state index >= 15 is 0 Å². The van der Waals surface area contributed by atoms with Crippen LogP contribution in [0.5, 0.6) is 5.75 Å². The molecule has 2 N–H and O–H groups in total. The van der Waals surface area contributed by atoms with Crippen LogP contribution in [-0.4, -0.2) is 30.1 Å². The van der Waals surface area contributed by atoms with Crippen molar-refractivity contribution >= 4 is 23.3 Å². The van der Waals surface area contributed by atoms with Crippen molar-refractivity contribution in [2.75, 3.05) is 12.4 Å². The lowest BCUT2D eigenvalue weighted by Crippen LogP contribution is -2.74. The fourth-order valence-corrected chi connectivity index (χ4v) is 4.70. The number of aromatic nitrogens is 1. The van der Waals surface area contributed by atoms with E-state index in [1.165, 1.54) is 0 Å². The number of rotatable bonds is 5. The minimum atomic E-state index is -0.308. The Morgan fingerprint density at radius 2 is 1.90 bits per heavy atom. The summed E-state index contributed by atoms with van der Waals surface area (Å²) in [6.07, 6.45) is 1.42. The molecule has 1 fully saturated rings. The van der Waals surface area contributed by atoms with Gasteiger partial charge in [0.2, 0.25) is 0 Å². The molecule has 1 aromatic heterocycles. The molecule has 2 aromatic rings. The van der Waals surface area contributed by atoms with Crippen LogP contribution in [0.25, 0.3) is 0 Å². The maximum Gasteiger partial charge on any atom is 0.253 e. The van der Waals surface area contributed by atoms with Crippen molar-refractivity contribution < 1.29 is 9.53 Å². The Morgan fingerprint density at radius 1 is 1.21 bits per heavy atom. The van der Waals surface area contributed by atoms with Crippen LogP contribution < -0.4 is 15.4 Å². The second-order valence-corrected chi connectivity index (χ2v) is 8.89. The fraction of sp³-hybridized carbons (Fsp3) is 0.409. The Hall–Kier alpha value is -2.78. The minimum absolute atomic E-state index is 0.0923. The first-order chi connectivity index (χ1) is 13.6. The van der Waals surface area contributed by atoms with Gasteiger partial charge in [0.15, 0.2) is 0 Å². The highest BCUT2D eigenvalue weighted by Gasteiger charge is 2.64. The molecule has 0 spiro atoms. The second kappa shape index (κ2) is 7.57. The molecule has 1 heterocycles. The first-order valence-electron chi connectivity index (χ1n) is 9.42. The topological polar surface area (TPSA) is 87.0 Å². The molecule has 0 bridgehead atoms. The van der Waals surface area contributed by atoms with E-state index < -0.39 is 0 Å². The van der Waals surface area contributed by atoms with Crippen molar-refractivity contribution in [3.8, 4) is 11.8 Å². The molecule has 0 atom stereocenters. The summed E-state index contributed by atoms with van der Waals surface area (Å²) in [5.74, 6) is 1.16. The molecule has 152 valence electrons. The lowest BCUT2D eigenvalue weighted by Gasteiger charge is -2.63. The highest BCUT2D eigenvalue weighted by molar-refractivity contribution is 6.31. The molecule has 29 heavy (non-hydrogen) atoms. The second-order valence-electron chi connectivity index (χ2n) is 8.48. The molecular weight excluding hydrogens is 388 g/mol. The third-order valence-electron chi connectivity index (χ3n) is 5.71. The quantitative estimate of drug-likeness (QED) is 0.766. The van der Waals surface area contributed by atoms with Gasteiger partial charge in [-0.15, -0.1) is 0 Å². The number of pyridine rings is 1. The van der Waals surface area contributed by atoms with Gasteiger partial charge in [0.1, 0.15) is 23.7 Å². The van der Waals surface area contributed by atoms with Crippen LogP contribution in [0, 0.1) is 22.2 Å². The predicted octanol–water partition coefficient (Wildman–Crippen LogP) is 4.26. The van der Waals surface area contributed by atoms with Gasteiger partial charge in [-0.05, 0) is 24.3 Å². The van der Waals surface area contributed by atoms with Gasteiger partial charge >= 0.3 is 0 Å². The molecule has 0 unspecified atom stereocenters. The van der Waals surface area contributed by atoms with Crippen molar-refractivity contribution in [2.45, 2.75) is 39.8 Å². The van der Waals surface area contributed by atoms with E-state index in [1.807, 2.05) is 6.07 Å². The van der Waals surface area contributed by atoms with E-state index in [2.05, 4.69) is 43.3 Å². The number of nitriles is 1. The number of carbonyl (C=O) groups excluding carboxylic acids is 1. The Bertz CT molecular complexity index is 948. The Balaban J connectivity index is 1.74. The lowest BCUT2D eigenvalue weighted by atomic mass is 9.49. The van der Waals surface area contributed by atoms with Crippen molar-refractivity contribution in [1.82, 2.24) is 10.3 Å². The van der Waals surface area contributed by atoms with Gasteiger partial charge in [-0.25, -0.2) is 4.98 Å². The Morgan fingerprint density at radius 3 is 2.41 bits per heavy atom. The first kappa shape index (κ1) is 20.9. The third-order valence-corrected chi connectivity index (χ3v) is 6.02. The molecular formula is C22H25ClN4O2. The van der Waals surface area contributed by atoms with Crippen molar-refractivity contribution in [2.24, 2.45) is 10.8 Å². The average Bonchev–Trinajstić information content (AvgIpc) is 2.69. The third kappa shape index (κ3) is 3.75. The summed E-state index contributed by atoms with van der Waals surface area (Å²) >= 11 is 6.13. The standard InChI is InChI=1S/C22H25ClN4O2/c1-21(2)19(27-18(28)14-7-9-17(25-5)26-12-14)22(3,4)20(21)29-15-8-6-13(11-24)16(23)10-15/h6-10,12,19-20H,1-5H3,(H,25,26)(H,27,28)/t19-,20-. The summed E-state index contributed by atoms with van der Waals surface area (Å²) in [5.41, 5.74) is 0.309.